The Morgan fingerprint density at radius 3 is 2.87 bits per heavy atom. The summed E-state index contributed by atoms with van der Waals surface area (Å²) in [5.74, 6) is -0.111. The summed E-state index contributed by atoms with van der Waals surface area (Å²) in [6, 6.07) is 5.00. The molecule has 0 fully saturated rings. The van der Waals surface area contributed by atoms with Gasteiger partial charge in [0.25, 0.3) is 0 Å². The van der Waals surface area contributed by atoms with Gasteiger partial charge in [-0.25, -0.2) is 4.79 Å². The third kappa shape index (κ3) is 1.68. The van der Waals surface area contributed by atoms with E-state index < -0.39 is 5.97 Å². The van der Waals surface area contributed by atoms with E-state index in [1.807, 2.05) is 14.1 Å². The lowest BCUT2D eigenvalue weighted by Gasteiger charge is -2.34. The smallest absolute Gasteiger partial charge is 0.335 e. The van der Waals surface area contributed by atoms with Crippen molar-refractivity contribution in [3.05, 3.63) is 23.8 Å². The van der Waals surface area contributed by atoms with Crippen LogP contribution in [0.2, 0.25) is 0 Å². The molecule has 0 saturated carbocycles. The molecule has 1 aliphatic heterocycles. The molecule has 0 radical (unpaired) electrons. The van der Waals surface area contributed by atoms with E-state index in [0.717, 1.165) is 18.0 Å². The number of hydrogen-bond acceptors (Lipinski definition) is 2. The highest BCUT2D eigenvalue weighted by Gasteiger charge is 2.29. The van der Waals surface area contributed by atoms with Gasteiger partial charge >= 0.3 is 5.97 Å². The van der Waals surface area contributed by atoms with Crippen LogP contribution in [0.5, 0.6) is 5.75 Å². The molecule has 0 unspecified atom stereocenters. The Labute approximate surface area is 88.3 Å². The van der Waals surface area contributed by atoms with Crippen LogP contribution >= 0.6 is 0 Å². The number of rotatable bonds is 1. The van der Waals surface area contributed by atoms with Crippen molar-refractivity contribution in [3.8, 4) is 5.75 Å². The van der Waals surface area contributed by atoms with Gasteiger partial charge in [0.05, 0.1) is 19.7 Å². The second-order valence-corrected chi connectivity index (χ2v) is 4.24. The highest BCUT2D eigenvalue weighted by molar-refractivity contribution is 5.89. The fourth-order valence-electron chi connectivity index (χ4n) is 1.75. The molecule has 1 aliphatic rings. The van der Waals surface area contributed by atoms with E-state index in [4.69, 9.17) is 9.84 Å². The lowest BCUT2D eigenvalue weighted by molar-refractivity contribution is 0.0696. The predicted molar refractivity (Wildman–Crippen MR) is 57.4 cm³/mol. The van der Waals surface area contributed by atoms with Crippen molar-refractivity contribution in [2.24, 2.45) is 0 Å². The summed E-state index contributed by atoms with van der Waals surface area (Å²) in [5, 5.41) is 8.91. The molecule has 1 aromatic carbocycles. The molecule has 4 nitrogen and oxygen atoms in total. The molecule has 4 heteroatoms. The maximum Gasteiger partial charge on any atom is 0.335 e. The molecule has 0 spiro atoms. The molecule has 0 saturated heterocycles. The van der Waals surface area contributed by atoms with Crippen LogP contribution in [0.1, 0.15) is 10.4 Å². The molecule has 80 valence electrons. The number of carboxylic acids is 1. The molecule has 0 aromatic heterocycles. The Bertz CT molecular complexity index is 412. The zero-order chi connectivity index (χ0) is 11.1. The molecule has 1 aromatic rings. The van der Waals surface area contributed by atoms with Gasteiger partial charge in [-0.15, -0.1) is 0 Å². The first-order valence-electron chi connectivity index (χ1n) is 4.84. The Kier molecular flexibility index (Phi) is 2.16. The quantitative estimate of drug-likeness (QED) is 0.708. The fourth-order valence-corrected chi connectivity index (χ4v) is 1.75. The monoisotopic (exact) mass is 208 g/mol. The molecule has 0 atom stereocenters. The molecular weight excluding hydrogens is 194 g/mol. The number of fused-ring (bicyclic) bond motifs is 1. The second-order valence-electron chi connectivity index (χ2n) is 4.24. The largest absolute Gasteiger partial charge is 0.481 e. The van der Waals surface area contributed by atoms with Gasteiger partial charge in [-0.3, -0.25) is 4.48 Å². The van der Waals surface area contributed by atoms with Crippen LogP contribution in [0.25, 0.3) is 0 Å². The van der Waals surface area contributed by atoms with E-state index in [0.29, 0.717) is 16.7 Å². The van der Waals surface area contributed by atoms with Crippen molar-refractivity contribution in [1.82, 2.24) is 4.48 Å². The Morgan fingerprint density at radius 2 is 2.20 bits per heavy atom. The zero-order valence-corrected chi connectivity index (χ0v) is 8.86. The summed E-state index contributed by atoms with van der Waals surface area (Å²) < 4.78 is 6.15. The number of ether oxygens (including phenoxy) is 1. The van der Waals surface area contributed by atoms with E-state index in [2.05, 4.69) is 0 Å². The zero-order valence-electron chi connectivity index (χ0n) is 8.86. The summed E-state index contributed by atoms with van der Waals surface area (Å²) in [6.45, 7) is 1.53. The summed E-state index contributed by atoms with van der Waals surface area (Å²) in [7, 11) is 4.10. The van der Waals surface area contributed by atoms with Crippen LogP contribution in [0.4, 0.5) is 5.69 Å². The van der Waals surface area contributed by atoms with E-state index in [-0.39, 0.29) is 0 Å². The maximum absolute atomic E-state index is 10.8. The van der Waals surface area contributed by atoms with Crippen molar-refractivity contribution in [2.45, 2.75) is 0 Å². The lowest BCUT2D eigenvalue weighted by atomic mass is 10.1. The van der Waals surface area contributed by atoms with E-state index in [9.17, 15) is 4.79 Å². The molecule has 1 N–H and O–H groups in total. The van der Waals surface area contributed by atoms with Crippen molar-refractivity contribution in [2.75, 3.05) is 27.2 Å². The van der Waals surface area contributed by atoms with Gasteiger partial charge in [0.15, 0.2) is 11.4 Å². The molecule has 1 heterocycles. The highest BCUT2D eigenvalue weighted by Crippen LogP contribution is 2.35. The SMILES string of the molecule is C[N+]1(C)CCOc2ccc(C(=O)O)cc21. The molecule has 0 aliphatic carbocycles. The first kappa shape index (κ1) is 9.98. The highest BCUT2D eigenvalue weighted by atomic mass is 16.5. The number of likely N-dealkylation sites (N-methyl/N-ethyl adjacent to an activating group) is 1. The van der Waals surface area contributed by atoms with E-state index in [1.54, 1.807) is 18.2 Å². The summed E-state index contributed by atoms with van der Waals surface area (Å²) in [6.07, 6.45) is 0. The number of hydrogen-bond donors (Lipinski definition) is 1. The number of nitrogens with zero attached hydrogens (tertiary/aromatic N) is 1. The standard InChI is InChI=1S/C11H13NO3/c1-12(2)5-6-15-10-4-3-8(11(13)14)7-9(10)12/h3-4,7H,5-6H2,1-2H3/p+1. The summed E-state index contributed by atoms with van der Waals surface area (Å²) in [4.78, 5) is 10.8. The minimum Gasteiger partial charge on any atom is -0.481 e. The molecule has 2 rings (SSSR count). The predicted octanol–water partition coefficient (Wildman–Crippen LogP) is 1.34. The first-order chi connectivity index (χ1) is 7.00. The number of benzene rings is 1. The van der Waals surface area contributed by atoms with Gasteiger partial charge in [0, 0.05) is 6.07 Å². The van der Waals surface area contributed by atoms with Crippen molar-refractivity contribution in [3.63, 3.8) is 0 Å². The summed E-state index contributed by atoms with van der Waals surface area (Å²) >= 11 is 0. The van der Waals surface area contributed by atoms with E-state index >= 15 is 0 Å². The van der Waals surface area contributed by atoms with Crippen LogP contribution in [-0.4, -0.2) is 38.3 Å². The third-order valence-electron chi connectivity index (χ3n) is 2.77. The number of aromatic carboxylic acids is 1. The minimum absolute atomic E-state index is 0.311. The Balaban J connectivity index is 2.53. The van der Waals surface area contributed by atoms with Gasteiger partial charge < -0.3 is 9.84 Å². The van der Waals surface area contributed by atoms with Gasteiger partial charge in [-0.2, -0.15) is 0 Å². The van der Waals surface area contributed by atoms with Crippen LogP contribution < -0.4 is 9.22 Å². The van der Waals surface area contributed by atoms with Gasteiger partial charge in [-0.1, -0.05) is 0 Å². The molecule has 15 heavy (non-hydrogen) atoms. The normalized spacial score (nSPS) is 17.7. The van der Waals surface area contributed by atoms with Gasteiger partial charge in [0.2, 0.25) is 0 Å². The van der Waals surface area contributed by atoms with Crippen molar-refractivity contribution >= 4 is 11.7 Å². The second kappa shape index (κ2) is 3.24. The van der Waals surface area contributed by atoms with Crippen LogP contribution in [0.15, 0.2) is 18.2 Å². The van der Waals surface area contributed by atoms with Crippen LogP contribution in [0, 0.1) is 0 Å². The van der Waals surface area contributed by atoms with Gasteiger partial charge in [-0.05, 0) is 12.1 Å². The lowest BCUT2D eigenvalue weighted by Crippen LogP contribution is -2.46. The number of quaternary nitrogens is 1. The number of carbonyl (C=O) groups is 1. The average Bonchev–Trinajstić information content (AvgIpc) is 2.17. The minimum atomic E-state index is -0.900. The van der Waals surface area contributed by atoms with Crippen molar-refractivity contribution < 1.29 is 14.6 Å². The Morgan fingerprint density at radius 1 is 1.47 bits per heavy atom. The van der Waals surface area contributed by atoms with Crippen molar-refractivity contribution in [1.29, 1.82) is 0 Å². The third-order valence-corrected chi connectivity index (χ3v) is 2.77. The molecule has 0 bridgehead atoms. The fraction of sp³-hybridized carbons (Fsp3) is 0.364. The number of carboxylic acid groups (broad SMARTS) is 1. The maximum atomic E-state index is 10.8. The Hall–Kier alpha value is -1.55. The summed E-state index contributed by atoms with van der Waals surface area (Å²) in [5.41, 5.74) is 1.24. The topological polar surface area (TPSA) is 46.5 Å². The first-order valence-corrected chi connectivity index (χ1v) is 4.84. The van der Waals surface area contributed by atoms with Gasteiger partial charge in [0.1, 0.15) is 13.2 Å². The molecule has 0 amide bonds. The van der Waals surface area contributed by atoms with Crippen LogP contribution in [0.3, 0.4) is 0 Å². The molecular formula is C11H14NO3+. The van der Waals surface area contributed by atoms with Crippen LogP contribution in [-0.2, 0) is 0 Å². The van der Waals surface area contributed by atoms with E-state index in [1.165, 1.54) is 0 Å². The average molecular weight is 208 g/mol.